The standard InChI is InChI=1S/C20H26N4O3/c1-13(2)16-4-5-18(25)17(9-16)20(27)24-7-6-23(12-14(24)3)19(26)8-15-10-21-22-11-15/h4-5,9-11,13-14,25H,6-8,12H2,1-3H3,(H,21,22)/t14-/m1/s1. The third-order valence-corrected chi connectivity index (χ3v) is 5.07. The molecular weight excluding hydrogens is 344 g/mol. The molecule has 1 aromatic carbocycles. The van der Waals surface area contributed by atoms with Gasteiger partial charge in [-0.25, -0.2) is 0 Å². The lowest BCUT2D eigenvalue weighted by Crippen LogP contribution is -2.55. The number of H-pyrrole nitrogens is 1. The Morgan fingerprint density at radius 2 is 2.11 bits per heavy atom. The summed E-state index contributed by atoms with van der Waals surface area (Å²) in [5, 5.41) is 16.7. The number of phenols is 1. The zero-order chi connectivity index (χ0) is 19.6. The molecular formula is C20H26N4O3. The van der Waals surface area contributed by atoms with Crippen LogP contribution in [0, 0.1) is 0 Å². The Kier molecular flexibility index (Phi) is 5.48. The lowest BCUT2D eigenvalue weighted by atomic mass is 9.99. The summed E-state index contributed by atoms with van der Waals surface area (Å²) in [5.74, 6) is 0.103. The zero-order valence-electron chi connectivity index (χ0n) is 16.0. The third kappa shape index (κ3) is 4.13. The summed E-state index contributed by atoms with van der Waals surface area (Å²) in [4.78, 5) is 29.0. The molecule has 2 aromatic rings. The normalized spacial score (nSPS) is 17.4. The minimum Gasteiger partial charge on any atom is -0.507 e. The van der Waals surface area contributed by atoms with Gasteiger partial charge in [0.25, 0.3) is 5.91 Å². The lowest BCUT2D eigenvalue weighted by molar-refractivity contribution is -0.132. The monoisotopic (exact) mass is 370 g/mol. The average Bonchev–Trinajstić information content (AvgIpc) is 3.14. The minimum absolute atomic E-state index is 0.00457. The number of carbonyl (C=O) groups excluding carboxylic acids is 2. The highest BCUT2D eigenvalue weighted by Crippen LogP contribution is 2.26. The second-order valence-electron chi connectivity index (χ2n) is 7.40. The van der Waals surface area contributed by atoms with E-state index in [9.17, 15) is 14.7 Å². The number of nitrogens with one attached hydrogen (secondary N) is 1. The fourth-order valence-corrected chi connectivity index (χ4v) is 3.39. The van der Waals surface area contributed by atoms with E-state index in [0.29, 0.717) is 31.6 Å². The maximum Gasteiger partial charge on any atom is 0.257 e. The van der Waals surface area contributed by atoms with Gasteiger partial charge in [-0.1, -0.05) is 19.9 Å². The largest absolute Gasteiger partial charge is 0.507 e. The van der Waals surface area contributed by atoms with Crippen LogP contribution in [0.1, 0.15) is 48.2 Å². The number of phenolic OH excluding ortho intramolecular Hbond substituents is 1. The quantitative estimate of drug-likeness (QED) is 0.863. The number of hydrogen-bond donors (Lipinski definition) is 2. The summed E-state index contributed by atoms with van der Waals surface area (Å²) < 4.78 is 0. The number of rotatable bonds is 4. The molecule has 0 spiro atoms. The molecule has 7 nitrogen and oxygen atoms in total. The zero-order valence-corrected chi connectivity index (χ0v) is 16.0. The SMILES string of the molecule is CC(C)c1ccc(O)c(C(=O)N2CCN(C(=O)Cc3cn[nH]c3)C[C@H]2C)c1. The summed E-state index contributed by atoms with van der Waals surface area (Å²) in [6.07, 6.45) is 3.66. The molecule has 1 aliphatic heterocycles. The highest BCUT2D eigenvalue weighted by molar-refractivity contribution is 5.97. The first-order valence-electron chi connectivity index (χ1n) is 9.26. The number of nitrogens with zero attached hydrogens (tertiary/aromatic N) is 3. The maximum absolute atomic E-state index is 13.0. The second kappa shape index (κ2) is 7.82. The van der Waals surface area contributed by atoms with Gasteiger partial charge in [-0.05, 0) is 36.1 Å². The van der Waals surface area contributed by atoms with E-state index in [2.05, 4.69) is 10.2 Å². The Bertz CT molecular complexity index is 817. The molecule has 1 fully saturated rings. The molecule has 1 aromatic heterocycles. The first kappa shape index (κ1) is 18.9. The van der Waals surface area contributed by atoms with Crippen LogP contribution < -0.4 is 0 Å². The number of amides is 2. The van der Waals surface area contributed by atoms with Crippen LogP contribution in [0.5, 0.6) is 5.75 Å². The van der Waals surface area contributed by atoms with Crippen molar-refractivity contribution in [2.24, 2.45) is 0 Å². The van der Waals surface area contributed by atoms with Gasteiger partial charge in [-0.3, -0.25) is 14.7 Å². The Morgan fingerprint density at radius 1 is 1.33 bits per heavy atom. The van der Waals surface area contributed by atoms with E-state index in [1.807, 2.05) is 26.8 Å². The molecule has 0 saturated carbocycles. The van der Waals surface area contributed by atoms with Gasteiger partial charge in [-0.2, -0.15) is 5.10 Å². The number of hydrogen-bond acceptors (Lipinski definition) is 4. The van der Waals surface area contributed by atoms with E-state index < -0.39 is 0 Å². The van der Waals surface area contributed by atoms with Gasteiger partial charge >= 0.3 is 0 Å². The number of carbonyl (C=O) groups is 2. The molecule has 2 amide bonds. The molecule has 3 rings (SSSR count). The third-order valence-electron chi connectivity index (χ3n) is 5.07. The van der Waals surface area contributed by atoms with Crippen LogP contribution in [0.2, 0.25) is 0 Å². The van der Waals surface area contributed by atoms with Gasteiger partial charge in [0.15, 0.2) is 0 Å². The number of aromatic amines is 1. The van der Waals surface area contributed by atoms with E-state index in [-0.39, 0.29) is 29.5 Å². The first-order valence-corrected chi connectivity index (χ1v) is 9.26. The molecule has 1 aliphatic rings. The molecule has 0 unspecified atom stereocenters. The second-order valence-corrected chi connectivity index (χ2v) is 7.40. The van der Waals surface area contributed by atoms with Gasteiger partial charge in [0.05, 0.1) is 18.2 Å². The van der Waals surface area contributed by atoms with E-state index in [1.165, 1.54) is 0 Å². The van der Waals surface area contributed by atoms with Crippen LogP contribution >= 0.6 is 0 Å². The van der Waals surface area contributed by atoms with Crippen LogP contribution in [0.4, 0.5) is 0 Å². The fraction of sp³-hybridized carbons (Fsp3) is 0.450. The van der Waals surface area contributed by atoms with Crippen molar-refractivity contribution < 1.29 is 14.7 Å². The molecule has 2 heterocycles. The Morgan fingerprint density at radius 3 is 2.74 bits per heavy atom. The molecule has 0 radical (unpaired) electrons. The van der Waals surface area contributed by atoms with Gasteiger partial charge in [0, 0.05) is 31.9 Å². The number of aromatic nitrogens is 2. The van der Waals surface area contributed by atoms with E-state index >= 15 is 0 Å². The van der Waals surface area contributed by atoms with Gasteiger partial charge < -0.3 is 14.9 Å². The maximum atomic E-state index is 13.0. The van der Waals surface area contributed by atoms with Crippen molar-refractivity contribution in [2.45, 2.75) is 39.2 Å². The predicted molar refractivity (Wildman–Crippen MR) is 102 cm³/mol. The molecule has 2 N–H and O–H groups in total. The van der Waals surface area contributed by atoms with Crippen molar-refractivity contribution >= 4 is 11.8 Å². The Labute approximate surface area is 159 Å². The van der Waals surface area contributed by atoms with Crippen LogP contribution in [-0.2, 0) is 11.2 Å². The Balaban J connectivity index is 1.68. The predicted octanol–water partition coefficient (Wildman–Crippen LogP) is 2.15. The van der Waals surface area contributed by atoms with Gasteiger partial charge in [-0.15, -0.1) is 0 Å². The van der Waals surface area contributed by atoms with Crippen molar-refractivity contribution in [3.8, 4) is 5.75 Å². The molecule has 7 heteroatoms. The van der Waals surface area contributed by atoms with Crippen molar-refractivity contribution in [3.05, 3.63) is 47.3 Å². The van der Waals surface area contributed by atoms with Crippen LogP contribution in [0.15, 0.2) is 30.6 Å². The van der Waals surface area contributed by atoms with Crippen molar-refractivity contribution in [1.29, 1.82) is 0 Å². The van der Waals surface area contributed by atoms with Crippen molar-refractivity contribution in [1.82, 2.24) is 20.0 Å². The number of aromatic hydroxyl groups is 1. The van der Waals surface area contributed by atoms with E-state index in [1.54, 1.807) is 34.3 Å². The molecule has 0 aliphatic carbocycles. The number of benzene rings is 1. The van der Waals surface area contributed by atoms with E-state index in [4.69, 9.17) is 0 Å². The fourth-order valence-electron chi connectivity index (χ4n) is 3.39. The average molecular weight is 370 g/mol. The van der Waals surface area contributed by atoms with E-state index in [0.717, 1.165) is 11.1 Å². The van der Waals surface area contributed by atoms with Crippen molar-refractivity contribution in [3.63, 3.8) is 0 Å². The minimum atomic E-state index is -0.190. The molecule has 27 heavy (non-hydrogen) atoms. The molecule has 1 saturated heterocycles. The van der Waals surface area contributed by atoms with Crippen LogP contribution in [-0.4, -0.2) is 62.6 Å². The molecule has 144 valence electrons. The highest BCUT2D eigenvalue weighted by Gasteiger charge is 2.31. The highest BCUT2D eigenvalue weighted by atomic mass is 16.3. The van der Waals surface area contributed by atoms with Crippen molar-refractivity contribution in [2.75, 3.05) is 19.6 Å². The lowest BCUT2D eigenvalue weighted by Gasteiger charge is -2.40. The van der Waals surface area contributed by atoms with Gasteiger partial charge in [0.1, 0.15) is 5.75 Å². The van der Waals surface area contributed by atoms with Gasteiger partial charge in [0.2, 0.25) is 5.91 Å². The van der Waals surface area contributed by atoms with Crippen LogP contribution in [0.3, 0.4) is 0 Å². The Hall–Kier alpha value is -2.83. The molecule has 1 atom stereocenters. The molecule has 0 bridgehead atoms. The number of piperazine rings is 1. The summed E-state index contributed by atoms with van der Waals surface area (Å²) in [6.45, 7) is 7.44. The summed E-state index contributed by atoms with van der Waals surface area (Å²) in [7, 11) is 0. The first-order chi connectivity index (χ1) is 12.9. The van der Waals surface area contributed by atoms with Crippen LogP contribution in [0.25, 0.3) is 0 Å². The summed E-state index contributed by atoms with van der Waals surface area (Å²) in [5.41, 5.74) is 2.19. The topological polar surface area (TPSA) is 89.5 Å². The summed E-state index contributed by atoms with van der Waals surface area (Å²) >= 11 is 0. The smallest absolute Gasteiger partial charge is 0.257 e. The summed E-state index contributed by atoms with van der Waals surface area (Å²) in [6, 6.07) is 5.07.